The van der Waals surface area contributed by atoms with Gasteiger partial charge >= 0.3 is 0 Å². The minimum absolute atomic E-state index is 0.431. The van der Waals surface area contributed by atoms with E-state index in [0.29, 0.717) is 13.1 Å². The van der Waals surface area contributed by atoms with E-state index in [2.05, 4.69) is 34.6 Å². The van der Waals surface area contributed by atoms with Crippen molar-refractivity contribution in [2.45, 2.75) is 20.4 Å². The van der Waals surface area contributed by atoms with Gasteiger partial charge in [-0.25, -0.2) is 0 Å². The van der Waals surface area contributed by atoms with Crippen molar-refractivity contribution in [2.75, 3.05) is 6.61 Å². The van der Waals surface area contributed by atoms with Crippen molar-refractivity contribution in [3.8, 4) is 0 Å². The third kappa shape index (κ3) is 3.79. The second-order valence-corrected chi connectivity index (χ2v) is 3.79. The zero-order chi connectivity index (χ0) is 12.7. The molecule has 17 heavy (non-hydrogen) atoms. The van der Waals surface area contributed by atoms with Crippen LogP contribution >= 0.6 is 11.6 Å². The summed E-state index contributed by atoms with van der Waals surface area (Å²) in [6.07, 6.45) is 2.08. The first-order valence-electron chi connectivity index (χ1n) is 5.52. The molecule has 0 fully saturated rings. The van der Waals surface area contributed by atoms with Gasteiger partial charge in [0.15, 0.2) is 0 Å². The monoisotopic (exact) mass is 253 g/mol. The van der Waals surface area contributed by atoms with Crippen molar-refractivity contribution in [3.05, 3.63) is 35.5 Å². The van der Waals surface area contributed by atoms with E-state index in [-0.39, 0.29) is 0 Å². The van der Waals surface area contributed by atoms with E-state index in [1.807, 2.05) is 12.1 Å². The number of ether oxygens (including phenoxy) is 1. The van der Waals surface area contributed by atoms with Crippen molar-refractivity contribution in [3.63, 3.8) is 0 Å². The van der Waals surface area contributed by atoms with Crippen LogP contribution in [0.2, 0.25) is 5.02 Å². The lowest BCUT2D eigenvalue weighted by atomic mass is 10.2. The number of carbonyl (C=O) groups excluding carboxylic acids is 1. The summed E-state index contributed by atoms with van der Waals surface area (Å²) in [5.41, 5.74) is 1.25. The van der Waals surface area contributed by atoms with Crippen LogP contribution in [-0.2, 0) is 16.1 Å². The fraction of sp³-hybridized carbons (Fsp3) is 0.308. The SMILES string of the molecule is CCOC=O.CCn1ccc2cc(Cl)ccc21. The molecule has 0 saturated carbocycles. The van der Waals surface area contributed by atoms with Gasteiger partial charge in [-0.1, -0.05) is 11.6 Å². The van der Waals surface area contributed by atoms with Crippen LogP contribution in [0.3, 0.4) is 0 Å². The zero-order valence-electron chi connectivity index (χ0n) is 10.0. The summed E-state index contributed by atoms with van der Waals surface area (Å²) in [7, 11) is 0. The summed E-state index contributed by atoms with van der Waals surface area (Å²) in [6.45, 7) is 5.80. The maximum atomic E-state index is 9.18. The molecule has 2 aromatic rings. The highest BCUT2D eigenvalue weighted by Crippen LogP contribution is 2.20. The summed E-state index contributed by atoms with van der Waals surface area (Å²) >= 11 is 5.86. The second-order valence-electron chi connectivity index (χ2n) is 3.36. The predicted molar refractivity (Wildman–Crippen MR) is 70.3 cm³/mol. The quantitative estimate of drug-likeness (QED) is 0.784. The molecule has 1 aromatic carbocycles. The van der Waals surface area contributed by atoms with Crippen LogP contribution < -0.4 is 0 Å². The first kappa shape index (κ1) is 13.6. The van der Waals surface area contributed by atoms with E-state index in [9.17, 15) is 4.79 Å². The van der Waals surface area contributed by atoms with Crippen LogP contribution in [0.5, 0.6) is 0 Å². The van der Waals surface area contributed by atoms with E-state index in [1.54, 1.807) is 6.92 Å². The highest BCUT2D eigenvalue weighted by Gasteiger charge is 1.98. The molecule has 3 nitrogen and oxygen atoms in total. The van der Waals surface area contributed by atoms with E-state index in [1.165, 1.54) is 10.9 Å². The van der Waals surface area contributed by atoms with Crippen LogP contribution in [-0.4, -0.2) is 17.6 Å². The molecular weight excluding hydrogens is 238 g/mol. The van der Waals surface area contributed by atoms with Crippen LogP contribution in [0.4, 0.5) is 0 Å². The van der Waals surface area contributed by atoms with Crippen molar-refractivity contribution in [1.29, 1.82) is 0 Å². The lowest BCUT2D eigenvalue weighted by Gasteiger charge is -1.99. The molecule has 4 heteroatoms. The fourth-order valence-corrected chi connectivity index (χ4v) is 1.70. The molecule has 0 N–H and O–H groups in total. The van der Waals surface area contributed by atoms with Gasteiger partial charge in [-0.2, -0.15) is 0 Å². The van der Waals surface area contributed by atoms with Crippen molar-refractivity contribution in [1.82, 2.24) is 4.57 Å². The maximum Gasteiger partial charge on any atom is 0.293 e. The number of benzene rings is 1. The molecule has 0 aliphatic heterocycles. The predicted octanol–water partition coefficient (Wildman–Crippen LogP) is 3.49. The molecule has 2 rings (SSSR count). The average molecular weight is 254 g/mol. The molecule has 0 amide bonds. The number of aromatic nitrogens is 1. The molecule has 0 aliphatic carbocycles. The smallest absolute Gasteiger partial charge is 0.293 e. The Kier molecular flexibility index (Phi) is 5.57. The van der Waals surface area contributed by atoms with Gasteiger partial charge in [0.2, 0.25) is 0 Å². The fourth-order valence-electron chi connectivity index (χ4n) is 1.51. The Morgan fingerprint density at radius 3 is 2.65 bits per heavy atom. The largest absolute Gasteiger partial charge is 0.468 e. The van der Waals surface area contributed by atoms with Crippen molar-refractivity contribution < 1.29 is 9.53 Å². The Morgan fingerprint density at radius 1 is 1.35 bits per heavy atom. The van der Waals surface area contributed by atoms with Gasteiger partial charge in [0.05, 0.1) is 6.61 Å². The number of hydrogen-bond acceptors (Lipinski definition) is 2. The van der Waals surface area contributed by atoms with E-state index < -0.39 is 0 Å². The summed E-state index contributed by atoms with van der Waals surface area (Å²) in [6, 6.07) is 8.06. The van der Waals surface area contributed by atoms with Crippen molar-refractivity contribution >= 4 is 29.0 Å². The van der Waals surface area contributed by atoms with Gasteiger partial charge in [-0.15, -0.1) is 0 Å². The zero-order valence-corrected chi connectivity index (χ0v) is 10.8. The van der Waals surface area contributed by atoms with Gasteiger partial charge in [0.25, 0.3) is 6.47 Å². The number of halogens is 1. The summed E-state index contributed by atoms with van der Waals surface area (Å²) < 4.78 is 6.35. The highest BCUT2D eigenvalue weighted by molar-refractivity contribution is 6.31. The van der Waals surface area contributed by atoms with E-state index in [4.69, 9.17) is 11.6 Å². The molecule has 0 atom stereocenters. The molecule has 0 saturated heterocycles. The van der Waals surface area contributed by atoms with Crippen LogP contribution in [0.15, 0.2) is 30.5 Å². The topological polar surface area (TPSA) is 31.2 Å². The van der Waals surface area contributed by atoms with Crippen LogP contribution in [0, 0.1) is 0 Å². The number of rotatable bonds is 3. The average Bonchev–Trinajstić information content (AvgIpc) is 2.73. The Morgan fingerprint density at radius 2 is 2.12 bits per heavy atom. The van der Waals surface area contributed by atoms with E-state index >= 15 is 0 Å². The first-order valence-corrected chi connectivity index (χ1v) is 5.90. The van der Waals surface area contributed by atoms with Gasteiger partial charge in [0.1, 0.15) is 0 Å². The van der Waals surface area contributed by atoms with Gasteiger partial charge in [-0.05, 0) is 38.1 Å². The summed E-state index contributed by atoms with van der Waals surface area (Å²) in [5, 5.41) is 2.01. The van der Waals surface area contributed by atoms with Gasteiger partial charge in [0, 0.05) is 28.7 Å². The van der Waals surface area contributed by atoms with Gasteiger partial charge in [-0.3, -0.25) is 4.79 Å². The number of carbonyl (C=O) groups is 1. The third-order valence-electron chi connectivity index (χ3n) is 2.31. The minimum atomic E-state index is 0.431. The van der Waals surface area contributed by atoms with Crippen LogP contribution in [0.25, 0.3) is 10.9 Å². The Hall–Kier alpha value is -1.48. The molecule has 0 unspecified atom stereocenters. The Balaban J connectivity index is 0.000000249. The second kappa shape index (κ2) is 6.97. The lowest BCUT2D eigenvalue weighted by molar-refractivity contribution is -0.128. The minimum Gasteiger partial charge on any atom is -0.468 e. The first-order chi connectivity index (χ1) is 8.22. The number of hydrogen-bond donors (Lipinski definition) is 0. The van der Waals surface area contributed by atoms with Gasteiger partial charge < -0.3 is 9.30 Å². The number of fused-ring (bicyclic) bond motifs is 1. The Bertz CT molecular complexity index is 479. The molecule has 0 spiro atoms. The highest BCUT2D eigenvalue weighted by atomic mass is 35.5. The lowest BCUT2D eigenvalue weighted by Crippen LogP contribution is -1.89. The molecule has 92 valence electrons. The number of aryl methyl sites for hydroxylation is 1. The summed E-state index contributed by atoms with van der Waals surface area (Å²) in [4.78, 5) is 9.18. The molecule has 1 aromatic heterocycles. The number of nitrogens with zero attached hydrogens (tertiary/aromatic N) is 1. The molecule has 0 aliphatic rings. The normalized spacial score (nSPS) is 9.59. The summed E-state index contributed by atoms with van der Waals surface area (Å²) in [5.74, 6) is 0. The third-order valence-corrected chi connectivity index (χ3v) is 2.54. The maximum absolute atomic E-state index is 9.18. The van der Waals surface area contributed by atoms with E-state index in [0.717, 1.165) is 11.6 Å². The van der Waals surface area contributed by atoms with Crippen LogP contribution in [0.1, 0.15) is 13.8 Å². The standard InChI is InChI=1S/C10H10ClN.C3H6O2/c1-2-12-6-5-8-7-9(11)3-4-10(8)12;1-2-5-3-4/h3-7H,2H2,1H3;3H,2H2,1H3. The molecular formula is C13H16ClNO2. The molecule has 0 radical (unpaired) electrons. The molecule has 1 heterocycles. The molecule has 0 bridgehead atoms. The van der Waals surface area contributed by atoms with Crippen molar-refractivity contribution in [2.24, 2.45) is 0 Å². The Labute approximate surface area is 106 Å².